The van der Waals surface area contributed by atoms with E-state index in [1.54, 1.807) is 6.92 Å². The van der Waals surface area contributed by atoms with Crippen LogP contribution in [0.3, 0.4) is 0 Å². The summed E-state index contributed by atoms with van der Waals surface area (Å²) in [5, 5.41) is 9.09. The van der Waals surface area contributed by atoms with Gasteiger partial charge >= 0.3 is 0 Å². The number of halogens is 2. The van der Waals surface area contributed by atoms with Crippen LogP contribution in [0.5, 0.6) is 0 Å². The number of aryl methyl sites for hydroxylation is 1. The van der Waals surface area contributed by atoms with Crippen molar-refractivity contribution in [2.45, 2.75) is 17.0 Å². The molecule has 0 aliphatic rings. The number of H-pyrrole nitrogens is 1. The number of hydrogen-bond donors (Lipinski definition) is 1. The summed E-state index contributed by atoms with van der Waals surface area (Å²) in [6.45, 7) is 1.68. The molecule has 0 amide bonds. The molecule has 0 fully saturated rings. The third-order valence-corrected chi connectivity index (χ3v) is 3.92. The second-order valence-electron chi connectivity index (χ2n) is 3.65. The number of aromatic nitrogens is 2. The summed E-state index contributed by atoms with van der Waals surface area (Å²) < 4.78 is 14.1. The van der Waals surface area contributed by atoms with Crippen LogP contribution in [0.2, 0.25) is 0 Å². The number of hydrogen-bond acceptors (Lipinski definition) is 4. The van der Waals surface area contributed by atoms with Gasteiger partial charge in [-0.05, 0) is 46.7 Å². The standard InChI is InChI=1S/C12H7BrFN3OS/c1-6-4-9(18)17-12(16-6)19-8-3-2-7(5-15)10(13)11(8)14/h2-4H,1H3,(H,16,17,18). The third kappa shape index (κ3) is 3.03. The average Bonchev–Trinajstić information content (AvgIpc) is 2.34. The summed E-state index contributed by atoms with van der Waals surface area (Å²) in [6, 6.07) is 6.21. The van der Waals surface area contributed by atoms with Gasteiger partial charge in [-0.3, -0.25) is 4.79 Å². The minimum absolute atomic E-state index is 0.106. The highest BCUT2D eigenvalue weighted by atomic mass is 79.9. The molecule has 1 N–H and O–H groups in total. The molecule has 2 aromatic rings. The van der Waals surface area contributed by atoms with Gasteiger partial charge in [-0.15, -0.1) is 0 Å². The van der Waals surface area contributed by atoms with Gasteiger partial charge in [0, 0.05) is 11.8 Å². The number of aromatic amines is 1. The first-order chi connectivity index (χ1) is 9.01. The number of rotatable bonds is 2. The van der Waals surface area contributed by atoms with Gasteiger partial charge in [-0.2, -0.15) is 5.26 Å². The van der Waals surface area contributed by atoms with Gasteiger partial charge in [0.25, 0.3) is 5.56 Å². The van der Waals surface area contributed by atoms with Crippen LogP contribution in [0.15, 0.2) is 37.5 Å². The summed E-state index contributed by atoms with van der Waals surface area (Å²) in [6.07, 6.45) is 0. The first kappa shape index (κ1) is 13.8. The van der Waals surface area contributed by atoms with Crippen molar-refractivity contribution in [3.8, 4) is 6.07 Å². The van der Waals surface area contributed by atoms with Crippen LogP contribution in [0.4, 0.5) is 4.39 Å². The number of nitrogens with one attached hydrogen (secondary N) is 1. The predicted octanol–water partition coefficient (Wildman–Crippen LogP) is 3.00. The highest BCUT2D eigenvalue weighted by Crippen LogP contribution is 2.32. The van der Waals surface area contributed by atoms with Crippen molar-refractivity contribution in [3.05, 3.63) is 50.1 Å². The molecule has 1 aromatic heterocycles. The quantitative estimate of drug-likeness (QED) is 0.854. The molecule has 1 heterocycles. The summed E-state index contributed by atoms with van der Waals surface area (Å²) in [5.74, 6) is -0.548. The van der Waals surface area contributed by atoms with Crippen molar-refractivity contribution in [1.29, 1.82) is 5.26 Å². The molecule has 1 aromatic carbocycles. The van der Waals surface area contributed by atoms with Gasteiger partial charge < -0.3 is 4.98 Å². The van der Waals surface area contributed by atoms with E-state index in [0.29, 0.717) is 10.9 Å². The first-order valence-electron chi connectivity index (χ1n) is 5.15. The van der Waals surface area contributed by atoms with Crippen LogP contribution >= 0.6 is 27.7 Å². The van der Waals surface area contributed by atoms with Crippen LogP contribution in [0.25, 0.3) is 0 Å². The second-order valence-corrected chi connectivity index (χ2v) is 5.47. The molecule has 19 heavy (non-hydrogen) atoms. The van der Waals surface area contributed by atoms with E-state index in [0.717, 1.165) is 11.8 Å². The monoisotopic (exact) mass is 339 g/mol. The van der Waals surface area contributed by atoms with Crippen molar-refractivity contribution in [2.75, 3.05) is 0 Å². The van der Waals surface area contributed by atoms with E-state index in [1.165, 1.54) is 18.2 Å². The molecule has 7 heteroatoms. The zero-order valence-electron chi connectivity index (χ0n) is 9.70. The van der Waals surface area contributed by atoms with Crippen LogP contribution in [0.1, 0.15) is 11.3 Å². The highest BCUT2D eigenvalue weighted by Gasteiger charge is 2.13. The zero-order valence-corrected chi connectivity index (χ0v) is 12.1. The third-order valence-electron chi connectivity index (χ3n) is 2.22. The van der Waals surface area contributed by atoms with E-state index < -0.39 is 5.82 Å². The van der Waals surface area contributed by atoms with Gasteiger partial charge in [0.05, 0.1) is 14.9 Å². The smallest absolute Gasteiger partial charge is 0.251 e. The number of nitriles is 1. The van der Waals surface area contributed by atoms with Gasteiger partial charge in [0.2, 0.25) is 0 Å². The normalized spacial score (nSPS) is 10.2. The molecule has 0 saturated carbocycles. The lowest BCUT2D eigenvalue weighted by Gasteiger charge is -2.05. The molecule has 0 radical (unpaired) electrons. The Hall–Kier alpha value is -1.65. The molecule has 0 aliphatic carbocycles. The van der Waals surface area contributed by atoms with Crippen molar-refractivity contribution < 1.29 is 4.39 Å². The molecule has 0 unspecified atom stereocenters. The highest BCUT2D eigenvalue weighted by molar-refractivity contribution is 9.10. The molecule has 4 nitrogen and oxygen atoms in total. The Morgan fingerprint density at radius 1 is 1.53 bits per heavy atom. The van der Waals surface area contributed by atoms with Crippen LogP contribution in [-0.2, 0) is 0 Å². The summed E-state index contributed by atoms with van der Waals surface area (Å²) in [7, 11) is 0. The Labute approximate surface area is 120 Å². The lowest BCUT2D eigenvalue weighted by Crippen LogP contribution is -2.08. The van der Waals surface area contributed by atoms with Gasteiger partial charge in [0.15, 0.2) is 11.0 Å². The fraction of sp³-hybridized carbons (Fsp3) is 0.0833. The SMILES string of the molecule is Cc1cc(=O)[nH]c(Sc2ccc(C#N)c(Br)c2F)n1. The second kappa shape index (κ2) is 5.55. The van der Waals surface area contributed by atoms with E-state index >= 15 is 0 Å². The van der Waals surface area contributed by atoms with Gasteiger partial charge in [-0.25, -0.2) is 9.37 Å². The van der Waals surface area contributed by atoms with Crippen molar-refractivity contribution in [1.82, 2.24) is 9.97 Å². The van der Waals surface area contributed by atoms with Crippen LogP contribution < -0.4 is 5.56 Å². The number of benzene rings is 1. The lowest BCUT2D eigenvalue weighted by molar-refractivity contribution is 0.594. The van der Waals surface area contributed by atoms with Crippen LogP contribution in [0, 0.1) is 24.1 Å². The van der Waals surface area contributed by atoms with Crippen molar-refractivity contribution in [2.24, 2.45) is 0 Å². The molecule has 0 spiro atoms. The first-order valence-corrected chi connectivity index (χ1v) is 6.76. The molecular formula is C12H7BrFN3OS. The fourth-order valence-electron chi connectivity index (χ4n) is 1.40. The van der Waals surface area contributed by atoms with E-state index in [-0.39, 0.29) is 20.5 Å². The fourth-order valence-corrected chi connectivity index (χ4v) is 2.84. The van der Waals surface area contributed by atoms with Crippen molar-refractivity contribution >= 4 is 27.7 Å². The Morgan fingerprint density at radius 3 is 2.89 bits per heavy atom. The minimum Gasteiger partial charge on any atom is -0.301 e. The molecule has 0 bridgehead atoms. The molecule has 96 valence electrons. The van der Waals surface area contributed by atoms with E-state index in [1.807, 2.05) is 6.07 Å². The van der Waals surface area contributed by atoms with E-state index in [2.05, 4.69) is 25.9 Å². The maximum atomic E-state index is 14.0. The molecular weight excluding hydrogens is 333 g/mol. The summed E-state index contributed by atoms with van der Waals surface area (Å²) in [4.78, 5) is 18.2. The lowest BCUT2D eigenvalue weighted by atomic mass is 10.2. The average molecular weight is 340 g/mol. The maximum Gasteiger partial charge on any atom is 0.251 e. The Balaban J connectivity index is 2.42. The topological polar surface area (TPSA) is 69.5 Å². The largest absolute Gasteiger partial charge is 0.301 e. The zero-order chi connectivity index (χ0) is 14.0. The van der Waals surface area contributed by atoms with E-state index in [9.17, 15) is 9.18 Å². The van der Waals surface area contributed by atoms with Gasteiger partial charge in [-0.1, -0.05) is 0 Å². The van der Waals surface area contributed by atoms with Crippen molar-refractivity contribution in [3.63, 3.8) is 0 Å². The summed E-state index contributed by atoms with van der Waals surface area (Å²) >= 11 is 4.03. The Bertz CT molecular complexity index is 739. The Morgan fingerprint density at radius 2 is 2.26 bits per heavy atom. The molecule has 0 aliphatic heterocycles. The Kier molecular flexibility index (Phi) is 4.02. The van der Waals surface area contributed by atoms with E-state index in [4.69, 9.17) is 5.26 Å². The van der Waals surface area contributed by atoms with Crippen LogP contribution in [-0.4, -0.2) is 9.97 Å². The molecule has 0 atom stereocenters. The molecule has 2 rings (SSSR count). The van der Waals surface area contributed by atoms with Gasteiger partial charge in [0.1, 0.15) is 6.07 Å². The predicted molar refractivity (Wildman–Crippen MR) is 72.5 cm³/mol. The number of nitrogens with zero attached hydrogens (tertiary/aromatic N) is 2. The summed E-state index contributed by atoms with van der Waals surface area (Å²) in [5.41, 5.74) is 0.482. The maximum absolute atomic E-state index is 14.0. The molecule has 0 saturated heterocycles. The minimum atomic E-state index is -0.548.